The van der Waals surface area contributed by atoms with Crippen molar-refractivity contribution in [3.63, 3.8) is 0 Å². The largest absolute Gasteiger partial charge is 0.493 e. The van der Waals surface area contributed by atoms with E-state index in [1.54, 1.807) is 14.2 Å². The lowest BCUT2D eigenvalue weighted by Crippen LogP contribution is -2.17. The lowest BCUT2D eigenvalue weighted by Gasteiger charge is -2.15. The Morgan fingerprint density at radius 1 is 0.697 bits per heavy atom. The van der Waals surface area contributed by atoms with Crippen LogP contribution in [-0.2, 0) is 19.6 Å². The number of benzene rings is 4. The van der Waals surface area contributed by atoms with E-state index in [9.17, 15) is 0 Å². The molecule has 172 valence electrons. The van der Waals surface area contributed by atoms with Crippen molar-refractivity contribution in [3.8, 4) is 17.2 Å². The van der Waals surface area contributed by atoms with Gasteiger partial charge in [-0.25, -0.2) is 0 Å². The first-order valence-electron chi connectivity index (χ1n) is 10.9. The second-order valence-corrected chi connectivity index (χ2v) is 7.65. The van der Waals surface area contributed by atoms with Gasteiger partial charge in [-0.2, -0.15) is 0 Å². The summed E-state index contributed by atoms with van der Waals surface area (Å²) in [5.74, 6) is 2.43. The maximum atomic E-state index is 6.23. The number of hydrogen-bond donors (Lipinski definition) is 1. The molecule has 0 saturated carbocycles. The van der Waals surface area contributed by atoms with Gasteiger partial charge < -0.3 is 19.5 Å². The number of nitrogens with one attached hydrogen (secondary N) is 1. The zero-order chi connectivity index (χ0) is 22.2. The number of ether oxygens (including phenoxy) is 3. The van der Waals surface area contributed by atoms with Crippen LogP contribution in [-0.4, -0.2) is 20.8 Å². The fourth-order valence-electron chi connectivity index (χ4n) is 3.85. The maximum absolute atomic E-state index is 6.23. The Morgan fingerprint density at radius 3 is 2.21 bits per heavy atom. The van der Waals surface area contributed by atoms with Crippen LogP contribution in [0.2, 0.25) is 0 Å². The molecule has 0 aliphatic carbocycles. The summed E-state index contributed by atoms with van der Waals surface area (Å²) in [6, 6.07) is 29.0. The van der Waals surface area contributed by atoms with E-state index >= 15 is 0 Å². The molecule has 4 rings (SSSR count). The molecule has 0 heterocycles. The zero-order valence-corrected chi connectivity index (χ0v) is 19.9. The quantitative estimate of drug-likeness (QED) is 0.285. The van der Waals surface area contributed by atoms with E-state index in [-0.39, 0.29) is 12.4 Å². The van der Waals surface area contributed by atoms with Crippen LogP contribution in [0.3, 0.4) is 0 Å². The first-order chi connectivity index (χ1) is 15.8. The zero-order valence-electron chi connectivity index (χ0n) is 19.0. The van der Waals surface area contributed by atoms with Crippen LogP contribution in [0.5, 0.6) is 17.2 Å². The van der Waals surface area contributed by atoms with Gasteiger partial charge in [-0.3, -0.25) is 0 Å². The highest BCUT2D eigenvalue weighted by molar-refractivity contribution is 5.87. The van der Waals surface area contributed by atoms with Crippen molar-refractivity contribution >= 4 is 23.2 Å². The third kappa shape index (κ3) is 6.19. The molecule has 0 fully saturated rings. The highest BCUT2D eigenvalue weighted by Crippen LogP contribution is 2.29. The number of rotatable bonds is 10. The van der Waals surface area contributed by atoms with Gasteiger partial charge >= 0.3 is 0 Å². The molecule has 0 atom stereocenters. The predicted octanol–water partition coefficient (Wildman–Crippen LogP) is 6.19. The van der Waals surface area contributed by atoms with Crippen molar-refractivity contribution in [1.29, 1.82) is 0 Å². The normalized spacial score (nSPS) is 10.5. The predicted molar refractivity (Wildman–Crippen MR) is 137 cm³/mol. The average Bonchev–Trinajstić information content (AvgIpc) is 2.86. The van der Waals surface area contributed by atoms with Gasteiger partial charge in [-0.15, -0.1) is 12.4 Å². The lowest BCUT2D eigenvalue weighted by atomic mass is 10.0. The molecule has 0 radical (unpaired) electrons. The molecule has 0 aliphatic heterocycles. The molecule has 0 spiro atoms. The summed E-state index contributed by atoms with van der Waals surface area (Å²) in [4.78, 5) is 0. The van der Waals surface area contributed by atoms with Crippen LogP contribution in [0.15, 0.2) is 84.9 Å². The lowest BCUT2D eigenvalue weighted by molar-refractivity contribution is 0.303. The Morgan fingerprint density at radius 2 is 1.42 bits per heavy atom. The Labute approximate surface area is 201 Å². The van der Waals surface area contributed by atoms with Crippen molar-refractivity contribution < 1.29 is 14.2 Å². The van der Waals surface area contributed by atoms with Crippen LogP contribution >= 0.6 is 12.4 Å². The molecular formula is C28H30ClNO3. The summed E-state index contributed by atoms with van der Waals surface area (Å²) < 4.78 is 17.0. The van der Waals surface area contributed by atoms with Crippen LogP contribution in [0, 0.1) is 0 Å². The molecule has 0 aromatic heterocycles. The van der Waals surface area contributed by atoms with E-state index in [4.69, 9.17) is 14.2 Å². The number of hydrogen-bond acceptors (Lipinski definition) is 4. The van der Waals surface area contributed by atoms with E-state index in [2.05, 4.69) is 59.9 Å². The maximum Gasteiger partial charge on any atom is 0.160 e. The summed E-state index contributed by atoms with van der Waals surface area (Å²) in [6.45, 7) is 2.13. The third-order valence-electron chi connectivity index (χ3n) is 5.57. The highest BCUT2D eigenvalue weighted by Gasteiger charge is 2.10. The van der Waals surface area contributed by atoms with Crippen molar-refractivity contribution in [1.82, 2.24) is 5.32 Å². The first-order valence-corrected chi connectivity index (χ1v) is 10.9. The smallest absolute Gasteiger partial charge is 0.160 e. The van der Waals surface area contributed by atoms with Crippen molar-refractivity contribution in [2.24, 2.45) is 0 Å². The van der Waals surface area contributed by atoms with Gasteiger partial charge in [-0.1, -0.05) is 66.7 Å². The Bertz CT molecular complexity index is 1160. The molecule has 5 heteroatoms. The number of methoxy groups -OCH3 is 2. The van der Waals surface area contributed by atoms with Gasteiger partial charge in [-0.05, 0) is 53.1 Å². The molecule has 0 bridgehead atoms. The van der Waals surface area contributed by atoms with Crippen LogP contribution in [0.1, 0.15) is 16.7 Å². The third-order valence-corrected chi connectivity index (χ3v) is 5.57. The minimum absolute atomic E-state index is 0. The molecule has 0 amide bonds. The van der Waals surface area contributed by atoms with Gasteiger partial charge in [0.25, 0.3) is 0 Å². The van der Waals surface area contributed by atoms with Gasteiger partial charge in [0.2, 0.25) is 0 Å². The van der Waals surface area contributed by atoms with Crippen molar-refractivity contribution in [2.45, 2.75) is 19.6 Å². The molecule has 4 nitrogen and oxygen atoms in total. The molecule has 1 N–H and O–H groups in total. The molecular weight excluding hydrogens is 434 g/mol. The molecule has 33 heavy (non-hydrogen) atoms. The standard InChI is InChI=1S/C28H29NO3.ClH/c1-30-27-14-12-21(18-28(27)31-2)16-17-29-19-25-24-11-7-6-10-23(24)13-15-26(25)32-20-22-8-4-3-5-9-22;/h3-15,18,29H,16-17,19-20H2,1-2H3;1H. The Balaban J connectivity index is 0.00000306. The SMILES string of the molecule is COc1ccc(CCNCc2c(OCc3ccccc3)ccc3ccccc23)cc1OC.Cl. The highest BCUT2D eigenvalue weighted by atomic mass is 35.5. The van der Waals surface area contributed by atoms with Crippen LogP contribution < -0.4 is 19.5 Å². The Kier molecular flexibility index (Phi) is 8.99. The second kappa shape index (κ2) is 12.1. The van der Waals surface area contributed by atoms with E-state index in [0.717, 1.165) is 42.3 Å². The Hall–Kier alpha value is -3.21. The molecule has 0 unspecified atom stereocenters. The monoisotopic (exact) mass is 463 g/mol. The molecule has 4 aromatic carbocycles. The van der Waals surface area contributed by atoms with Crippen LogP contribution in [0.4, 0.5) is 0 Å². The van der Waals surface area contributed by atoms with Gasteiger partial charge in [0.05, 0.1) is 14.2 Å². The average molecular weight is 464 g/mol. The summed E-state index contributed by atoms with van der Waals surface area (Å²) >= 11 is 0. The number of fused-ring (bicyclic) bond motifs is 1. The topological polar surface area (TPSA) is 39.7 Å². The summed E-state index contributed by atoms with van der Waals surface area (Å²) in [7, 11) is 3.32. The fraction of sp³-hybridized carbons (Fsp3) is 0.214. The minimum Gasteiger partial charge on any atom is -0.493 e. The fourth-order valence-corrected chi connectivity index (χ4v) is 3.85. The summed E-state index contributed by atoms with van der Waals surface area (Å²) in [5, 5.41) is 6.03. The van der Waals surface area contributed by atoms with Crippen LogP contribution in [0.25, 0.3) is 10.8 Å². The minimum atomic E-state index is 0. The van der Waals surface area contributed by atoms with Crippen molar-refractivity contribution in [3.05, 3.63) is 102 Å². The molecule has 0 aliphatic rings. The number of halogens is 1. The second-order valence-electron chi connectivity index (χ2n) is 7.65. The molecule has 4 aromatic rings. The van der Waals surface area contributed by atoms with Crippen molar-refractivity contribution in [2.75, 3.05) is 20.8 Å². The summed E-state index contributed by atoms with van der Waals surface area (Å²) in [5.41, 5.74) is 3.55. The molecule has 0 saturated heterocycles. The van der Waals surface area contributed by atoms with Gasteiger partial charge in [0, 0.05) is 12.1 Å². The van der Waals surface area contributed by atoms with E-state index < -0.39 is 0 Å². The van der Waals surface area contributed by atoms with E-state index in [0.29, 0.717) is 6.61 Å². The van der Waals surface area contributed by atoms with E-state index in [1.165, 1.54) is 21.9 Å². The first kappa shape index (κ1) is 24.4. The van der Waals surface area contributed by atoms with Gasteiger partial charge in [0.15, 0.2) is 11.5 Å². The van der Waals surface area contributed by atoms with Gasteiger partial charge in [0.1, 0.15) is 12.4 Å². The van der Waals surface area contributed by atoms with E-state index in [1.807, 2.05) is 30.3 Å². The summed E-state index contributed by atoms with van der Waals surface area (Å²) in [6.07, 6.45) is 0.894.